The van der Waals surface area contributed by atoms with Crippen LogP contribution in [-0.2, 0) is 5.41 Å². The number of aromatic nitrogens is 3. The average Bonchev–Trinajstić information content (AvgIpc) is 3.83. The molecule has 3 heterocycles. The van der Waals surface area contributed by atoms with Crippen molar-refractivity contribution in [1.29, 1.82) is 0 Å². The highest BCUT2D eigenvalue weighted by atomic mass is 16.3. The van der Waals surface area contributed by atoms with Gasteiger partial charge in [0.25, 0.3) is 0 Å². The van der Waals surface area contributed by atoms with Crippen LogP contribution in [0.2, 0.25) is 0 Å². The highest BCUT2D eigenvalue weighted by molar-refractivity contribution is 6.29. The maximum absolute atomic E-state index is 7.14. The van der Waals surface area contributed by atoms with Gasteiger partial charge in [0.1, 0.15) is 11.3 Å². The summed E-state index contributed by atoms with van der Waals surface area (Å²) in [4.78, 5) is 10.8. The fourth-order valence-electron chi connectivity index (χ4n) is 9.41. The van der Waals surface area contributed by atoms with Crippen molar-refractivity contribution in [3.05, 3.63) is 163 Å². The van der Waals surface area contributed by atoms with Crippen LogP contribution in [0.4, 0.5) is 0 Å². The van der Waals surface area contributed by atoms with E-state index in [-0.39, 0.29) is 5.41 Å². The SMILES string of the molecule is CC1(C)c2ccccc2-c2oc3c(ccc4c5cc6c7ccccc7c7ccccc7c6cc5n(-c5nc(-c6ccccc6)c6ccccc6n5)c43)c21. The zero-order chi connectivity index (χ0) is 35.0. The van der Waals surface area contributed by atoms with E-state index in [1.54, 1.807) is 0 Å². The number of nitrogens with zero attached hydrogens (tertiary/aromatic N) is 3. The number of furan rings is 1. The van der Waals surface area contributed by atoms with Crippen LogP contribution >= 0.6 is 0 Å². The summed E-state index contributed by atoms with van der Waals surface area (Å²) in [5.74, 6) is 1.58. The molecule has 0 atom stereocenters. The van der Waals surface area contributed by atoms with E-state index in [2.05, 4.69) is 164 Å². The Morgan fingerprint density at radius 2 is 1.11 bits per heavy atom. The molecule has 0 spiro atoms. The van der Waals surface area contributed by atoms with Gasteiger partial charge in [-0.25, -0.2) is 9.97 Å². The summed E-state index contributed by atoms with van der Waals surface area (Å²) in [6, 6.07) is 54.3. The van der Waals surface area contributed by atoms with E-state index in [0.29, 0.717) is 5.95 Å². The lowest BCUT2D eigenvalue weighted by molar-refractivity contribution is 0.620. The smallest absolute Gasteiger partial charge is 0.235 e. The molecule has 0 unspecified atom stereocenters. The van der Waals surface area contributed by atoms with Crippen molar-refractivity contribution in [3.63, 3.8) is 0 Å². The Bertz CT molecular complexity index is 3370. The third-order valence-electron chi connectivity index (χ3n) is 11.8. The topological polar surface area (TPSA) is 43.9 Å². The zero-order valence-corrected chi connectivity index (χ0v) is 29.2. The molecule has 0 amide bonds. The molecule has 0 aliphatic heterocycles. The number of benzene rings is 8. The Morgan fingerprint density at radius 3 is 1.87 bits per heavy atom. The highest BCUT2D eigenvalue weighted by Gasteiger charge is 2.40. The molecule has 0 N–H and O–H groups in total. The van der Waals surface area contributed by atoms with Crippen LogP contribution in [0.3, 0.4) is 0 Å². The Hall–Kier alpha value is -6.78. The predicted octanol–water partition coefficient (Wildman–Crippen LogP) is 12.9. The van der Waals surface area contributed by atoms with Gasteiger partial charge in [-0.3, -0.25) is 4.57 Å². The zero-order valence-electron chi connectivity index (χ0n) is 29.2. The predicted molar refractivity (Wildman–Crippen MR) is 219 cm³/mol. The minimum absolute atomic E-state index is 0.214. The third-order valence-corrected chi connectivity index (χ3v) is 11.8. The Labute approximate surface area is 304 Å². The van der Waals surface area contributed by atoms with Crippen molar-refractivity contribution in [3.8, 4) is 28.5 Å². The van der Waals surface area contributed by atoms with E-state index in [1.165, 1.54) is 43.4 Å². The van der Waals surface area contributed by atoms with Crippen molar-refractivity contribution in [2.75, 3.05) is 0 Å². The van der Waals surface area contributed by atoms with Gasteiger partial charge >= 0.3 is 0 Å². The average molecular weight is 678 g/mol. The lowest BCUT2D eigenvalue weighted by Crippen LogP contribution is -2.14. The van der Waals surface area contributed by atoms with Crippen molar-refractivity contribution in [2.24, 2.45) is 0 Å². The van der Waals surface area contributed by atoms with Gasteiger partial charge in [-0.05, 0) is 56.1 Å². The first-order valence-corrected chi connectivity index (χ1v) is 18.3. The number of hydrogen-bond donors (Lipinski definition) is 0. The number of hydrogen-bond acceptors (Lipinski definition) is 3. The normalized spacial score (nSPS) is 13.6. The fourth-order valence-corrected chi connectivity index (χ4v) is 9.41. The molecule has 4 nitrogen and oxygen atoms in total. The second kappa shape index (κ2) is 10.2. The number of fused-ring (bicyclic) bond motifs is 16. The van der Waals surface area contributed by atoms with Gasteiger partial charge in [0, 0.05) is 43.7 Å². The summed E-state index contributed by atoms with van der Waals surface area (Å²) in [5, 5.41) is 11.8. The molecular formula is C49H31N3O. The molecular weight excluding hydrogens is 647 g/mol. The van der Waals surface area contributed by atoms with Crippen LogP contribution in [0, 0.1) is 0 Å². The molecule has 0 fully saturated rings. The van der Waals surface area contributed by atoms with Gasteiger partial charge in [0.2, 0.25) is 5.95 Å². The second-order valence-electron chi connectivity index (χ2n) is 14.9. The van der Waals surface area contributed by atoms with Crippen LogP contribution in [0.25, 0.3) is 105 Å². The lowest BCUT2D eigenvalue weighted by Gasteiger charge is -2.20. The van der Waals surface area contributed by atoms with Gasteiger partial charge in [0.05, 0.1) is 16.7 Å². The molecule has 0 saturated carbocycles. The largest absolute Gasteiger partial charge is 0.453 e. The first kappa shape index (κ1) is 28.9. The third kappa shape index (κ3) is 3.74. The first-order valence-electron chi connectivity index (χ1n) is 18.3. The summed E-state index contributed by atoms with van der Waals surface area (Å²) in [6.45, 7) is 4.63. The standard InChI is InChI=1S/C49H31N3O/c1-49(2)40-22-12-10-20-34(40)46-43(49)36-25-24-33-39-26-37-31-18-8-6-16-29(31)30-17-7-9-19-32(30)38(37)27-42(39)52(45(33)47(36)53-46)48-50-41-23-13-11-21-35(41)44(51-48)28-14-4-3-5-15-28/h3-27H,1-2H3. The number of rotatable bonds is 2. The molecule has 8 aromatic carbocycles. The Kier molecular flexibility index (Phi) is 5.54. The van der Waals surface area contributed by atoms with Crippen LogP contribution in [-0.4, -0.2) is 14.5 Å². The number of para-hydroxylation sites is 1. The van der Waals surface area contributed by atoms with Gasteiger partial charge in [-0.2, -0.15) is 0 Å². The molecule has 12 rings (SSSR count). The van der Waals surface area contributed by atoms with Crippen molar-refractivity contribution >= 4 is 76.0 Å². The molecule has 0 saturated heterocycles. The van der Waals surface area contributed by atoms with E-state index < -0.39 is 0 Å². The highest BCUT2D eigenvalue weighted by Crippen LogP contribution is 2.54. The summed E-state index contributed by atoms with van der Waals surface area (Å²) >= 11 is 0. The summed E-state index contributed by atoms with van der Waals surface area (Å²) < 4.78 is 9.41. The van der Waals surface area contributed by atoms with Crippen molar-refractivity contribution in [2.45, 2.75) is 19.3 Å². The molecule has 248 valence electrons. The monoisotopic (exact) mass is 677 g/mol. The van der Waals surface area contributed by atoms with E-state index >= 15 is 0 Å². The summed E-state index contributed by atoms with van der Waals surface area (Å²) in [6.07, 6.45) is 0. The molecule has 1 aliphatic rings. The lowest BCUT2D eigenvalue weighted by atomic mass is 9.81. The first-order chi connectivity index (χ1) is 26.1. The van der Waals surface area contributed by atoms with Crippen LogP contribution in [0.5, 0.6) is 0 Å². The van der Waals surface area contributed by atoms with Gasteiger partial charge in [-0.1, -0.05) is 147 Å². The molecule has 0 bridgehead atoms. The van der Waals surface area contributed by atoms with E-state index in [0.717, 1.165) is 66.3 Å². The summed E-state index contributed by atoms with van der Waals surface area (Å²) in [5.41, 5.74) is 9.23. The minimum Gasteiger partial charge on any atom is -0.453 e. The Morgan fingerprint density at radius 1 is 0.509 bits per heavy atom. The molecule has 53 heavy (non-hydrogen) atoms. The quantitative estimate of drug-likeness (QED) is 0.171. The second-order valence-corrected chi connectivity index (χ2v) is 14.9. The molecule has 3 aromatic heterocycles. The molecule has 4 heteroatoms. The van der Waals surface area contributed by atoms with Gasteiger partial charge in [-0.15, -0.1) is 0 Å². The fraction of sp³-hybridized carbons (Fsp3) is 0.0612. The van der Waals surface area contributed by atoms with E-state index in [9.17, 15) is 0 Å². The van der Waals surface area contributed by atoms with Crippen LogP contribution < -0.4 is 0 Å². The van der Waals surface area contributed by atoms with Gasteiger partial charge in [0.15, 0.2) is 5.58 Å². The molecule has 0 radical (unpaired) electrons. The minimum atomic E-state index is -0.214. The van der Waals surface area contributed by atoms with Crippen LogP contribution in [0.1, 0.15) is 25.0 Å². The molecule has 1 aliphatic carbocycles. The maximum Gasteiger partial charge on any atom is 0.235 e. The van der Waals surface area contributed by atoms with E-state index in [4.69, 9.17) is 14.4 Å². The van der Waals surface area contributed by atoms with Gasteiger partial charge < -0.3 is 4.42 Å². The Balaban J connectivity index is 1.30. The van der Waals surface area contributed by atoms with Crippen LogP contribution in [0.15, 0.2) is 156 Å². The van der Waals surface area contributed by atoms with Crippen molar-refractivity contribution in [1.82, 2.24) is 14.5 Å². The van der Waals surface area contributed by atoms with E-state index in [1.807, 2.05) is 6.07 Å². The maximum atomic E-state index is 7.14. The van der Waals surface area contributed by atoms with Crippen molar-refractivity contribution < 1.29 is 4.42 Å². The summed E-state index contributed by atoms with van der Waals surface area (Å²) in [7, 11) is 0. The molecule has 11 aromatic rings.